The number of hydrogen-bond acceptors (Lipinski definition) is 4. The molecule has 0 aromatic carbocycles. The second-order valence-corrected chi connectivity index (χ2v) is 3.54. The molecule has 80 valence electrons. The Hall–Kier alpha value is -1.07. The fourth-order valence-electron chi connectivity index (χ4n) is 1.06. The summed E-state index contributed by atoms with van der Waals surface area (Å²) in [4.78, 5) is 14.1. The van der Waals surface area contributed by atoms with Crippen molar-refractivity contribution in [2.75, 3.05) is 5.75 Å². The normalized spacial score (nSPS) is 10.9. The third-order valence-electron chi connectivity index (χ3n) is 1.77. The summed E-state index contributed by atoms with van der Waals surface area (Å²) < 4.78 is 0. The number of nitro groups is 1. The van der Waals surface area contributed by atoms with E-state index in [-0.39, 0.29) is 10.8 Å². The van der Waals surface area contributed by atoms with Gasteiger partial charge >= 0.3 is 0 Å². The molecule has 0 aliphatic heterocycles. The molecular formula is C9H9ClN2O2S. The van der Waals surface area contributed by atoms with Gasteiger partial charge in [0.15, 0.2) is 0 Å². The van der Waals surface area contributed by atoms with Gasteiger partial charge in [0.1, 0.15) is 10.8 Å². The van der Waals surface area contributed by atoms with E-state index in [2.05, 4.69) is 17.6 Å². The van der Waals surface area contributed by atoms with Crippen LogP contribution >= 0.6 is 24.2 Å². The van der Waals surface area contributed by atoms with E-state index >= 15 is 0 Å². The van der Waals surface area contributed by atoms with Gasteiger partial charge in [0.2, 0.25) is 0 Å². The van der Waals surface area contributed by atoms with Crippen LogP contribution in [0.5, 0.6) is 0 Å². The van der Waals surface area contributed by atoms with Gasteiger partial charge in [-0.3, -0.25) is 10.1 Å². The highest BCUT2D eigenvalue weighted by Gasteiger charge is 2.14. The zero-order valence-corrected chi connectivity index (χ0v) is 9.63. The first-order valence-electron chi connectivity index (χ1n) is 4.15. The van der Waals surface area contributed by atoms with Gasteiger partial charge in [0, 0.05) is 17.4 Å². The molecule has 0 aliphatic carbocycles. The predicted octanol–water partition coefficient (Wildman–Crippen LogP) is 2.89. The van der Waals surface area contributed by atoms with Crippen LogP contribution < -0.4 is 0 Å². The fraction of sp³-hybridized carbons (Fsp3) is 0.222. The molecule has 1 rings (SSSR count). The average Bonchev–Trinajstić information content (AvgIpc) is 2.16. The number of aryl methyl sites for hydroxylation is 1. The molecule has 1 heterocycles. The number of rotatable bonds is 3. The Labute approximate surface area is 97.5 Å². The molecule has 6 heteroatoms. The fourth-order valence-corrected chi connectivity index (χ4v) is 1.41. The lowest BCUT2D eigenvalue weighted by atomic mass is 10.2. The summed E-state index contributed by atoms with van der Waals surface area (Å²) in [6, 6.07) is 1.41. The molecule has 0 atom stereocenters. The van der Waals surface area contributed by atoms with Crippen LogP contribution in [0.4, 0.5) is 5.69 Å². The van der Waals surface area contributed by atoms with Crippen LogP contribution in [-0.2, 0) is 0 Å². The van der Waals surface area contributed by atoms with Gasteiger partial charge in [-0.2, -0.15) is 12.6 Å². The van der Waals surface area contributed by atoms with E-state index in [9.17, 15) is 10.1 Å². The van der Waals surface area contributed by atoms with Gasteiger partial charge in [-0.1, -0.05) is 23.8 Å². The first-order valence-corrected chi connectivity index (χ1v) is 5.16. The molecule has 0 unspecified atom stereocenters. The maximum atomic E-state index is 10.6. The Balaban J connectivity index is 3.23. The number of halogens is 1. The van der Waals surface area contributed by atoms with Crippen LogP contribution in [0.15, 0.2) is 12.1 Å². The van der Waals surface area contributed by atoms with E-state index in [1.54, 1.807) is 19.1 Å². The van der Waals surface area contributed by atoms with Crippen molar-refractivity contribution < 1.29 is 4.92 Å². The van der Waals surface area contributed by atoms with Crippen LogP contribution in [-0.4, -0.2) is 15.7 Å². The minimum atomic E-state index is -0.475. The van der Waals surface area contributed by atoms with Crippen molar-refractivity contribution in [3.8, 4) is 0 Å². The maximum absolute atomic E-state index is 10.6. The van der Waals surface area contributed by atoms with E-state index in [1.807, 2.05) is 0 Å². The van der Waals surface area contributed by atoms with Gasteiger partial charge in [-0.15, -0.1) is 0 Å². The van der Waals surface area contributed by atoms with Gasteiger partial charge in [0.25, 0.3) is 5.69 Å². The highest BCUT2D eigenvalue weighted by molar-refractivity contribution is 7.80. The molecule has 4 nitrogen and oxygen atoms in total. The number of aromatic nitrogens is 1. The smallest absolute Gasteiger partial charge is 0.258 e. The lowest BCUT2D eigenvalue weighted by molar-refractivity contribution is -0.385. The van der Waals surface area contributed by atoms with Gasteiger partial charge in [-0.05, 0) is 6.92 Å². The van der Waals surface area contributed by atoms with Crippen molar-refractivity contribution >= 4 is 36.0 Å². The number of nitrogens with zero attached hydrogens (tertiary/aromatic N) is 2. The summed E-state index contributed by atoms with van der Waals surface area (Å²) in [6.07, 6.45) is 3.40. The molecule has 0 bridgehead atoms. The molecule has 0 aliphatic rings. The predicted molar refractivity (Wildman–Crippen MR) is 63.5 cm³/mol. The molecule has 0 saturated heterocycles. The third-order valence-corrected chi connectivity index (χ3v) is 2.28. The average molecular weight is 245 g/mol. The van der Waals surface area contributed by atoms with Crippen LogP contribution in [0.3, 0.4) is 0 Å². The van der Waals surface area contributed by atoms with E-state index in [0.29, 0.717) is 17.0 Å². The van der Waals surface area contributed by atoms with Crippen molar-refractivity contribution in [3.63, 3.8) is 0 Å². The molecule has 1 aromatic rings. The van der Waals surface area contributed by atoms with E-state index in [1.165, 1.54) is 6.07 Å². The van der Waals surface area contributed by atoms with Crippen molar-refractivity contribution in [1.82, 2.24) is 4.98 Å². The molecule has 0 saturated carbocycles. The van der Waals surface area contributed by atoms with Crippen molar-refractivity contribution in [2.24, 2.45) is 0 Å². The molecular weight excluding hydrogens is 236 g/mol. The molecule has 1 aromatic heterocycles. The molecule has 0 amide bonds. The highest BCUT2D eigenvalue weighted by Crippen LogP contribution is 2.24. The summed E-state index contributed by atoms with van der Waals surface area (Å²) in [5, 5.41) is 10.9. The Kier molecular flexibility index (Phi) is 4.11. The Morgan fingerprint density at radius 1 is 1.73 bits per heavy atom. The monoisotopic (exact) mass is 244 g/mol. The second-order valence-electron chi connectivity index (χ2n) is 2.81. The Morgan fingerprint density at radius 3 is 2.93 bits per heavy atom. The first kappa shape index (κ1) is 12.0. The summed E-state index contributed by atoms with van der Waals surface area (Å²) in [5.74, 6) is 0.540. The highest BCUT2D eigenvalue weighted by atomic mass is 35.5. The number of pyridine rings is 1. The minimum Gasteiger partial charge on any atom is -0.258 e. The maximum Gasteiger partial charge on any atom is 0.291 e. The first-order chi connectivity index (χ1) is 7.06. The zero-order valence-electron chi connectivity index (χ0n) is 7.98. The van der Waals surface area contributed by atoms with Gasteiger partial charge < -0.3 is 0 Å². The van der Waals surface area contributed by atoms with Crippen LogP contribution in [0.1, 0.15) is 11.3 Å². The Bertz CT molecular complexity index is 421. The lowest BCUT2D eigenvalue weighted by Gasteiger charge is -2.00. The van der Waals surface area contributed by atoms with Crippen LogP contribution in [0.2, 0.25) is 5.15 Å². The Morgan fingerprint density at radius 2 is 2.40 bits per heavy atom. The topological polar surface area (TPSA) is 56.0 Å². The van der Waals surface area contributed by atoms with Crippen LogP contribution in [0.25, 0.3) is 6.08 Å². The largest absolute Gasteiger partial charge is 0.291 e. The number of thiol groups is 1. The van der Waals surface area contributed by atoms with Crippen molar-refractivity contribution in [3.05, 3.63) is 38.7 Å². The molecule has 15 heavy (non-hydrogen) atoms. The second kappa shape index (κ2) is 5.14. The summed E-state index contributed by atoms with van der Waals surface area (Å²) in [5.41, 5.74) is 0.814. The molecule has 0 fully saturated rings. The summed E-state index contributed by atoms with van der Waals surface area (Å²) in [6.45, 7) is 1.55. The SMILES string of the molecule is Cc1nc(Cl)c(C=CCS)cc1[N+](=O)[O-]. The van der Waals surface area contributed by atoms with Crippen molar-refractivity contribution in [2.45, 2.75) is 6.92 Å². The van der Waals surface area contributed by atoms with E-state index < -0.39 is 4.92 Å². The standard InChI is InChI=1S/C9H9ClN2O2S/c1-6-8(12(13)14)5-7(3-2-4-15)9(10)11-6/h2-3,5,15H,4H2,1H3. The van der Waals surface area contributed by atoms with E-state index in [4.69, 9.17) is 11.6 Å². The number of hydrogen-bond donors (Lipinski definition) is 1. The summed E-state index contributed by atoms with van der Waals surface area (Å²) >= 11 is 9.82. The quantitative estimate of drug-likeness (QED) is 0.385. The zero-order chi connectivity index (χ0) is 11.4. The van der Waals surface area contributed by atoms with Gasteiger partial charge in [0.05, 0.1) is 4.92 Å². The van der Waals surface area contributed by atoms with E-state index in [0.717, 1.165) is 0 Å². The lowest BCUT2D eigenvalue weighted by Crippen LogP contribution is -1.96. The minimum absolute atomic E-state index is 0.0294. The molecule has 0 radical (unpaired) electrons. The van der Waals surface area contributed by atoms with Gasteiger partial charge in [-0.25, -0.2) is 4.98 Å². The summed E-state index contributed by atoms with van der Waals surface area (Å²) in [7, 11) is 0. The van der Waals surface area contributed by atoms with Crippen molar-refractivity contribution in [1.29, 1.82) is 0 Å². The van der Waals surface area contributed by atoms with Crippen LogP contribution in [0, 0.1) is 17.0 Å². The third kappa shape index (κ3) is 2.94. The molecule has 0 spiro atoms. The molecule has 0 N–H and O–H groups in total.